The van der Waals surface area contributed by atoms with Gasteiger partial charge in [-0.1, -0.05) is 18.2 Å². The van der Waals surface area contributed by atoms with Gasteiger partial charge in [0.1, 0.15) is 0 Å². The van der Waals surface area contributed by atoms with Gasteiger partial charge < -0.3 is 4.90 Å². The van der Waals surface area contributed by atoms with Crippen molar-refractivity contribution in [3.63, 3.8) is 0 Å². The van der Waals surface area contributed by atoms with Gasteiger partial charge in [-0.25, -0.2) is 5.10 Å². The summed E-state index contributed by atoms with van der Waals surface area (Å²) in [5, 5.41) is 11.9. The molecule has 0 unspecified atom stereocenters. The molecule has 1 amide bonds. The summed E-state index contributed by atoms with van der Waals surface area (Å²) in [7, 11) is 0. The van der Waals surface area contributed by atoms with Crippen LogP contribution in [0.2, 0.25) is 0 Å². The highest BCUT2D eigenvalue weighted by Gasteiger charge is 2.31. The lowest BCUT2D eigenvalue weighted by Gasteiger charge is -2.24. The van der Waals surface area contributed by atoms with Crippen LogP contribution in [-0.4, -0.2) is 43.4 Å². The van der Waals surface area contributed by atoms with Gasteiger partial charge in [0.15, 0.2) is 5.69 Å². The lowest BCUT2D eigenvalue weighted by Crippen LogP contribution is -2.39. The van der Waals surface area contributed by atoms with Gasteiger partial charge in [0.05, 0.1) is 24.2 Å². The number of nitrogens with one attached hydrogen (secondary N) is 1. The van der Waals surface area contributed by atoms with Crippen LogP contribution in [0, 0.1) is 6.92 Å². The third-order valence-electron chi connectivity index (χ3n) is 4.70. The van der Waals surface area contributed by atoms with Crippen LogP contribution < -0.4 is 5.56 Å². The third-order valence-corrected chi connectivity index (χ3v) is 4.70. The quantitative estimate of drug-likeness (QED) is 0.789. The van der Waals surface area contributed by atoms with E-state index in [9.17, 15) is 9.59 Å². The number of hydrogen-bond acceptors (Lipinski definition) is 4. The highest BCUT2D eigenvalue weighted by atomic mass is 16.2. The molecule has 0 aliphatic carbocycles. The number of benzene rings is 1. The number of carbonyl (C=O) groups is 1. The molecule has 0 bridgehead atoms. The van der Waals surface area contributed by atoms with Crippen LogP contribution in [0.1, 0.15) is 28.9 Å². The summed E-state index contributed by atoms with van der Waals surface area (Å²) in [5.41, 5.74) is 1.13. The minimum atomic E-state index is -0.280. The van der Waals surface area contributed by atoms with Crippen molar-refractivity contribution in [1.82, 2.24) is 24.9 Å². The van der Waals surface area contributed by atoms with Crippen molar-refractivity contribution in [2.45, 2.75) is 32.4 Å². The highest BCUT2D eigenvalue weighted by Crippen LogP contribution is 2.23. The first kappa shape index (κ1) is 15.6. The zero-order valence-electron chi connectivity index (χ0n) is 14.0. The zero-order valence-corrected chi connectivity index (χ0v) is 14.0. The second-order valence-electron chi connectivity index (χ2n) is 6.48. The number of aromatic amines is 1. The molecule has 4 rings (SSSR count). The second kappa shape index (κ2) is 6.16. The van der Waals surface area contributed by atoms with Crippen LogP contribution in [0.15, 0.2) is 41.5 Å². The fourth-order valence-corrected chi connectivity index (χ4v) is 3.49. The van der Waals surface area contributed by atoms with Gasteiger partial charge in [0.25, 0.3) is 11.5 Å². The molecular formula is C18H19N5O2. The maximum absolute atomic E-state index is 13.1. The summed E-state index contributed by atoms with van der Waals surface area (Å²) in [4.78, 5) is 26.9. The highest BCUT2D eigenvalue weighted by molar-refractivity contribution is 6.04. The van der Waals surface area contributed by atoms with Crippen LogP contribution in [0.25, 0.3) is 10.8 Å². The second-order valence-corrected chi connectivity index (χ2v) is 6.48. The molecule has 1 atom stereocenters. The van der Waals surface area contributed by atoms with E-state index in [1.165, 1.54) is 0 Å². The lowest BCUT2D eigenvalue weighted by atomic mass is 10.1. The summed E-state index contributed by atoms with van der Waals surface area (Å²) >= 11 is 0. The molecule has 3 aromatic rings. The SMILES string of the molecule is Cc1cnn(C[C@H]2CCCN2C(=O)c2n[nH]c(=O)c3ccccc23)c1. The fourth-order valence-electron chi connectivity index (χ4n) is 3.49. The Morgan fingerprint density at radius 2 is 2.12 bits per heavy atom. The molecule has 1 aliphatic heterocycles. The molecule has 1 fully saturated rings. The molecule has 7 nitrogen and oxygen atoms in total. The van der Waals surface area contributed by atoms with E-state index in [0.717, 1.165) is 18.4 Å². The van der Waals surface area contributed by atoms with Gasteiger partial charge in [0.2, 0.25) is 0 Å². The molecule has 0 saturated carbocycles. The third kappa shape index (κ3) is 2.82. The number of rotatable bonds is 3. The minimum absolute atomic E-state index is 0.0827. The van der Waals surface area contributed by atoms with Crippen LogP contribution in [0.3, 0.4) is 0 Å². The average Bonchev–Trinajstić information content (AvgIpc) is 3.24. The number of fused-ring (bicyclic) bond motifs is 1. The van der Waals surface area contributed by atoms with Gasteiger partial charge >= 0.3 is 0 Å². The van der Waals surface area contributed by atoms with Crippen molar-refractivity contribution in [3.8, 4) is 0 Å². The van der Waals surface area contributed by atoms with Crippen molar-refractivity contribution >= 4 is 16.7 Å². The topological polar surface area (TPSA) is 83.9 Å². The Hall–Kier alpha value is -2.96. The van der Waals surface area contributed by atoms with Gasteiger partial charge in [-0.2, -0.15) is 10.2 Å². The first-order valence-electron chi connectivity index (χ1n) is 8.41. The Bertz CT molecular complexity index is 990. The van der Waals surface area contributed by atoms with Gasteiger partial charge in [0, 0.05) is 18.1 Å². The molecule has 7 heteroatoms. The van der Waals surface area contributed by atoms with Crippen LogP contribution >= 0.6 is 0 Å². The molecule has 3 heterocycles. The molecule has 2 aromatic heterocycles. The molecule has 1 N–H and O–H groups in total. The molecule has 25 heavy (non-hydrogen) atoms. The van der Waals surface area contributed by atoms with Gasteiger partial charge in [-0.15, -0.1) is 0 Å². The van der Waals surface area contributed by atoms with Crippen molar-refractivity contribution in [2.24, 2.45) is 0 Å². The number of aromatic nitrogens is 4. The molecule has 0 radical (unpaired) electrons. The van der Waals surface area contributed by atoms with Crippen LogP contribution in [-0.2, 0) is 6.54 Å². The Morgan fingerprint density at radius 3 is 2.88 bits per heavy atom. The first-order chi connectivity index (χ1) is 12.1. The summed E-state index contributed by atoms with van der Waals surface area (Å²) in [6.45, 7) is 3.36. The molecular weight excluding hydrogens is 318 g/mol. The van der Waals surface area contributed by atoms with E-state index in [-0.39, 0.29) is 17.5 Å². The van der Waals surface area contributed by atoms with Crippen LogP contribution in [0.5, 0.6) is 0 Å². The largest absolute Gasteiger partial charge is 0.332 e. The van der Waals surface area contributed by atoms with Crippen molar-refractivity contribution in [3.05, 3.63) is 58.3 Å². The van der Waals surface area contributed by atoms with Crippen molar-refractivity contribution in [2.75, 3.05) is 6.54 Å². The van der Waals surface area contributed by atoms with Crippen molar-refractivity contribution < 1.29 is 4.79 Å². The number of amides is 1. The van der Waals surface area contributed by atoms with Crippen LogP contribution in [0.4, 0.5) is 0 Å². The maximum atomic E-state index is 13.1. The molecule has 128 valence electrons. The summed E-state index contributed by atoms with van der Waals surface area (Å²) in [6, 6.07) is 7.16. The van der Waals surface area contributed by atoms with E-state index in [0.29, 0.717) is 29.6 Å². The summed E-state index contributed by atoms with van der Waals surface area (Å²) < 4.78 is 1.88. The minimum Gasteiger partial charge on any atom is -0.332 e. The number of aryl methyl sites for hydroxylation is 1. The maximum Gasteiger partial charge on any atom is 0.275 e. The van der Waals surface area contributed by atoms with E-state index in [2.05, 4.69) is 15.3 Å². The van der Waals surface area contributed by atoms with E-state index >= 15 is 0 Å². The predicted octanol–water partition coefficient (Wildman–Crippen LogP) is 1.73. The number of nitrogens with zero attached hydrogens (tertiary/aromatic N) is 4. The first-order valence-corrected chi connectivity index (χ1v) is 8.41. The Morgan fingerprint density at radius 1 is 1.32 bits per heavy atom. The molecule has 1 aliphatic rings. The standard InChI is InChI=1S/C18H19N5O2/c1-12-9-19-22(10-12)11-13-5-4-8-23(13)18(25)16-14-6-2-3-7-15(14)17(24)21-20-16/h2-3,6-7,9-10,13H,4-5,8,11H2,1H3,(H,21,24)/t13-/m1/s1. The predicted molar refractivity (Wildman–Crippen MR) is 93.4 cm³/mol. The van der Waals surface area contributed by atoms with E-state index < -0.39 is 0 Å². The smallest absolute Gasteiger partial charge is 0.275 e. The number of H-pyrrole nitrogens is 1. The summed E-state index contributed by atoms with van der Waals surface area (Å²) in [6.07, 6.45) is 5.69. The molecule has 0 spiro atoms. The van der Waals surface area contributed by atoms with Gasteiger partial charge in [-0.05, 0) is 31.4 Å². The molecule has 1 aromatic carbocycles. The average molecular weight is 337 g/mol. The van der Waals surface area contributed by atoms with E-state index in [1.54, 1.807) is 18.2 Å². The Kier molecular flexibility index (Phi) is 3.83. The van der Waals surface area contributed by atoms with Gasteiger partial charge in [-0.3, -0.25) is 14.3 Å². The number of hydrogen-bond donors (Lipinski definition) is 1. The normalized spacial score (nSPS) is 17.3. The Balaban J connectivity index is 1.66. The van der Waals surface area contributed by atoms with E-state index in [1.807, 2.05) is 35.0 Å². The zero-order chi connectivity index (χ0) is 17.4. The lowest BCUT2D eigenvalue weighted by molar-refractivity contribution is 0.0716. The number of carbonyl (C=O) groups excluding carboxylic acids is 1. The monoisotopic (exact) mass is 337 g/mol. The summed E-state index contributed by atoms with van der Waals surface area (Å²) in [5.74, 6) is -0.140. The van der Waals surface area contributed by atoms with E-state index in [4.69, 9.17) is 0 Å². The molecule has 1 saturated heterocycles. The van der Waals surface area contributed by atoms with Crippen molar-refractivity contribution in [1.29, 1.82) is 0 Å². The Labute approximate surface area is 144 Å². The fraction of sp³-hybridized carbons (Fsp3) is 0.333. The number of likely N-dealkylation sites (tertiary alicyclic amines) is 1.